The highest BCUT2D eigenvalue weighted by Gasteiger charge is 2.10. The molecule has 0 saturated heterocycles. The Morgan fingerprint density at radius 1 is 1.32 bits per heavy atom. The van der Waals surface area contributed by atoms with Gasteiger partial charge in [-0.2, -0.15) is 0 Å². The number of rotatable bonds is 7. The van der Waals surface area contributed by atoms with Crippen molar-refractivity contribution in [3.05, 3.63) is 45.4 Å². The van der Waals surface area contributed by atoms with Crippen LogP contribution in [0.2, 0.25) is 0 Å². The molecule has 1 N–H and O–H groups in total. The Bertz CT molecular complexity index is 711. The lowest BCUT2D eigenvalue weighted by molar-refractivity contribution is 0.396. The van der Waals surface area contributed by atoms with E-state index in [9.17, 15) is 0 Å². The second-order valence-corrected chi connectivity index (χ2v) is 7.18. The van der Waals surface area contributed by atoms with Crippen LogP contribution in [0.3, 0.4) is 0 Å². The van der Waals surface area contributed by atoms with Crippen LogP contribution in [0, 0.1) is 13.8 Å². The molecule has 2 rings (SSSR count). The third-order valence-electron chi connectivity index (χ3n) is 3.90. The van der Waals surface area contributed by atoms with Gasteiger partial charge in [-0.3, -0.25) is 4.99 Å². The molecule has 0 bridgehead atoms. The topological polar surface area (TPSA) is 49.8 Å². The second-order valence-electron chi connectivity index (χ2n) is 5.90. The average Bonchev–Trinajstić information content (AvgIpc) is 2.92. The minimum Gasteiger partial charge on any atom is -0.496 e. The van der Waals surface area contributed by atoms with Gasteiger partial charge in [-0.05, 0) is 26.8 Å². The highest BCUT2D eigenvalue weighted by Crippen LogP contribution is 2.19. The zero-order valence-electron chi connectivity index (χ0n) is 15.8. The lowest BCUT2D eigenvalue weighted by atomic mass is 10.2. The lowest BCUT2D eigenvalue weighted by Gasteiger charge is -2.23. The maximum Gasteiger partial charge on any atom is 0.193 e. The quantitative estimate of drug-likeness (QED) is 0.607. The van der Waals surface area contributed by atoms with Gasteiger partial charge in [-0.25, -0.2) is 4.98 Å². The van der Waals surface area contributed by atoms with Crippen LogP contribution in [-0.2, 0) is 13.0 Å². The molecule has 0 saturated carbocycles. The smallest absolute Gasteiger partial charge is 0.193 e. The van der Waals surface area contributed by atoms with Crippen LogP contribution in [0.1, 0.15) is 28.1 Å². The number of hydrogen-bond acceptors (Lipinski definition) is 4. The summed E-state index contributed by atoms with van der Waals surface area (Å²) < 4.78 is 5.45. The number of aromatic nitrogens is 1. The molecule has 0 atom stereocenters. The number of para-hydroxylation sites is 1. The van der Waals surface area contributed by atoms with Gasteiger partial charge in [0, 0.05) is 43.5 Å². The lowest BCUT2D eigenvalue weighted by Crippen LogP contribution is -2.38. The highest BCUT2D eigenvalue weighted by atomic mass is 32.1. The van der Waals surface area contributed by atoms with E-state index in [1.165, 1.54) is 4.88 Å². The van der Waals surface area contributed by atoms with Crippen molar-refractivity contribution in [1.29, 1.82) is 0 Å². The molecular weight excluding hydrogens is 332 g/mol. The number of benzene rings is 1. The average molecular weight is 361 g/mol. The molecule has 0 fully saturated rings. The van der Waals surface area contributed by atoms with E-state index in [-0.39, 0.29) is 0 Å². The fourth-order valence-corrected chi connectivity index (χ4v) is 3.63. The van der Waals surface area contributed by atoms with Crippen LogP contribution in [0.15, 0.2) is 29.3 Å². The van der Waals surface area contributed by atoms with Gasteiger partial charge in [-0.1, -0.05) is 18.2 Å². The summed E-state index contributed by atoms with van der Waals surface area (Å²) >= 11 is 1.76. The van der Waals surface area contributed by atoms with Crippen LogP contribution in [0.4, 0.5) is 0 Å². The zero-order valence-corrected chi connectivity index (χ0v) is 16.6. The number of aryl methyl sites for hydroxylation is 2. The molecule has 5 nitrogen and oxygen atoms in total. The van der Waals surface area contributed by atoms with E-state index in [0.717, 1.165) is 54.0 Å². The largest absolute Gasteiger partial charge is 0.496 e. The Hall–Kier alpha value is -2.08. The number of thiazole rings is 1. The van der Waals surface area contributed by atoms with Crippen LogP contribution < -0.4 is 10.1 Å². The van der Waals surface area contributed by atoms with E-state index < -0.39 is 0 Å². The molecule has 6 heteroatoms. The van der Waals surface area contributed by atoms with Crippen molar-refractivity contribution in [3.8, 4) is 5.75 Å². The van der Waals surface area contributed by atoms with Gasteiger partial charge >= 0.3 is 0 Å². The normalized spacial score (nSPS) is 11.5. The molecule has 0 aliphatic rings. The Morgan fingerprint density at radius 3 is 2.72 bits per heavy atom. The van der Waals surface area contributed by atoms with Gasteiger partial charge in [0.1, 0.15) is 5.75 Å². The van der Waals surface area contributed by atoms with Crippen molar-refractivity contribution in [2.45, 2.75) is 33.7 Å². The predicted octanol–water partition coefficient (Wildman–Crippen LogP) is 3.41. The molecule has 0 radical (unpaired) electrons. The van der Waals surface area contributed by atoms with Crippen LogP contribution in [0.25, 0.3) is 0 Å². The number of hydrogen-bond donors (Lipinski definition) is 1. The van der Waals surface area contributed by atoms with Crippen molar-refractivity contribution in [3.63, 3.8) is 0 Å². The van der Waals surface area contributed by atoms with Crippen molar-refractivity contribution in [2.75, 3.05) is 27.2 Å². The number of nitrogens with one attached hydrogen (secondary N) is 1. The summed E-state index contributed by atoms with van der Waals surface area (Å²) in [6.07, 6.45) is 0.925. The molecular formula is C19H28N4OS. The SMILES string of the molecule is CCNC(=NCCc1sc(C)nc1C)N(C)Cc1ccccc1OC. The van der Waals surface area contributed by atoms with Crippen LogP contribution in [0.5, 0.6) is 5.75 Å². The summed E-state index contributed by atoms with van der Waals surface area (Å²) in [6, 6.07) is 8.09. The molecule has 1 heterocycles. The third kappa shape index (κ3) is 5.46. The highest BCUT2D eigenvalue weighted by molar-refractivity contribution is 7.11. The van der Waals surface area contributed by atoms with Gasteiger partial charge in [0.05, 0.1) is 17.8 Å². The number of nitrogens with zero attached hydrogens (tertiary/aromatic N) is 3. The summed E-state index contributed by atoms with van der Waals surface area (Å²) in [5.41, 5.74) is 2.28. The van der Waals surface area contributed by atoms with Crippen molar-refractivity contribution >= 4 is 17.3 Å². The van der Waals surface area contributed by atoms with Gasteiger partial charge < -0.3 is 15.0 Å². The molecule has 0 aliphatic heterocycles. The minimum absolute atomic E-state index is 0.745. The van der Waals surface area contributed by atoms with Gasteiger partial charge in [0.15, 0.2) is 5.96 Å². The summed E-state index contributed by atoms with van der Waals surface area (Å²) in [4.78, 5) is 12.7. The fraction of sp³-hybridized carbons (Fsp3) is 0.474. The number of aliphatic imine (C=N–C) groups is 1. The maximum absolute atomic E-state index is 5.45. The first kappa shape index (κ1) is 19.2. The van der Waals surface area contributed by atoms with E-state index >= 15 is 0 Å². The standard InChI is InChI=1S/C19H28N4OS/c1-6-20-19(21-12-11-18-14(2)22-15(3)25-18)23(4)13-16-9-7-8-10-17(16)24-5/h7-10H,6,11-13H2,1-5H3,(H,20,21). The maximum atomic E-state index is 5.45. The Labute approximate surface area is 154 Å². The van der Waals surface area contributed by atoms with Crippen molar-refractivity contribution in [1.82, 2.24) is 15.2 Å². The number of guanidine groups is 1. The van der Waals surface area contributed by atoms with Gasteiger partial charge in [0.2, 0.25) is 0 Å². The third-order valence-corrected chi connectivity index (χ3v) is 5.03. The number of ether oxygens (including phenoxy) is 1. The molecule has 0 unspecified atom stereocenters. The molecule has 1 aromatic heterocycles. The van der Waals surface area contributed by atoms with Crippen molar-refractivity contribution in [2.24, 2.45) is 4.99 Å². The summed E-state index contributed by atoms with van der Waals surface area (Å²) in [5.74, 6) is 1.81. The molecule has 1 aromatic carbocycles. The number of methoxy groups -OCH3 is 1. The molecule has 25 heavy (non-hydrogen) atoms. The fourth-order valence-electron chi connectivity index (χ4n) is 2.70. The van der Waals surface area contributed by atoms with E-state index in [1.807, 2.05) is 18.2 Å². The predicted molar refractivity (Wildman–Crippen MR) is 106 cm³/mol. The Balaban J connectivity index is 2.03. The van der Waals surface area contributed by atoms with E-state index in [4.69, 9.17) is 9.73 Å². The Kier molecular flexibility index (Phi) is 7.25. The monoisotopic (exact) mass is 360 g/mol. The molecule has 136 valence electrons. The molecule has 0 aliphatic carbocycles. The molecule has 0 amide bonds. The summed E-state index contributed by atoms with van der Waals surface area (Å²) in [5, 5.41) is 4.49. The first-order valence-electron chi connectivity index (χ1n) is 8.59. The first-order chi connectivity index (χ1) is 12.0. The zero-order chi connectivity index (χ0) is 18.2. The molecule has 2 aromatic rings. The summed E-state index contributed by atoms with van der Waals surface area (Å²) in [6.45, 7) is 8.55. The van der Waals surface area contributed by atoms with Crippen LogP contribution in [-0.4, -0.2) is 43.1 Å². The van der Waals surface area contributed by atoms with Gasteiger partial charge in [0.25, 0.3) is 0 Å². The van der Waals surface area contributed by atoms with Gasteiger partial charge in [-0.15, -0.1) is 11.3 Å². The van der Waals surface area contributed by atoms with E-state index in [2.05, 4.69) is 49.1 Å². The minimum atomic E-state index is 0.745. The first-order valence-corrected chi connectivity index (χ1v) is 9.41. The van der Waals surface area contributed by atoms with E-state index in [0.29, 0.717) is 0 Å². The van der Waals surface area contributed by atoms with Crippen molar-refractivity contribution < 1.29 is 4.74 Å². The second kappa shape index (κ2) is 9.42. The summed E-state index contributed by atoms with van der Waals surface area (Å²) in [7, 11) is 3.76. The van der Waals surface area contributed by atoms with E-state index in [1.54, 1.807) is 18.4 Å². The molecule has 0 spiro atoms. The Morgan fingerprint density at radius 2 is 2.08 bits per heavy atom. The van der Waals surface area contributed by atoms with Crippen LogP contribution >= 0.6 is 11.3 Å².